The van der Waals surface area contributed by atoms with Crippen molar-refractivity contribution >= 4 is 6.09 Å². The highest BCUT2D eigenvalue weighted by molar-refractivity contribution is 5.67. The van der Waals surface area contributed by atoms with Gasteiger partial charge in [-0.1, -0.05) is 6.07 Å². The number of hydrogen-bond donors (Lipinski definition) is 1. The zero-order chi connectivity index (χ0) is 12.9. The average Bonchev–Trinajstić information content (AvgIpc) is 2.27. The molecule has 7 heteroatoms. The molecule has 1 aromatic rings. The fourth-order valence-electron chi connectivity index (χ4n) is 1.07. The Morgan fingerprint density at radius 2 is 2.24 bits per heavy atom. The molecular weight excluding hydrogens is 237 g/mol. The van der Waals surface area contributed by atoms with Gasteiger partial charge in [-0.25, -0.2) is 4.79 Å². The molecule has 0 aliphatic carbocycles. The van der Waals surface area contributed by atoms with Gasteiger partial charge in [0.1, 0.15) is 0 Å². The number of carbonyl (C=O) groups is 1. The number of halogens is 3. The molecule has 17 heavy (non-hydrogen) atoms. The van der Waals surface area contributed by atoms with E-state index in [1.165, 1.54) is 6.20 Å². The van der Waals surface area contributed by atoms with E-state index in [0.717, 1.165) is 0 Å². The molecule has 1 unspecified atom stereocenters. The van der Waals surface area contributed by atoms with Gasteiger partial charge in [0.05, 0.1) is 11.7 Å². The van der Waals surface area contributed by atoms with Gasteiger partial charge in [0, 0.05) is 6.20 Å². The second-order valence-electron chi connectivity index (χ2n) is 3.31. The maximum Gasteiger partial charge on any atom is 0.422 e. The van der Waals surface area contributed by atoms with Crippen LogP contribution in [0, 0.1) is 0 Å². The third kappa shape index (κ3) is 5.19. The van der Waals surface area contributed by atoms with Crippen molar-refractivity contribution < 1.29 is 22.7 Å². The number of aromatic nitrogens is 1. The highest BCUT2D eigenvalue weighted by Crippen LogP contribution is 2.15. The molecule has 1 rings (SSSR count). The number of rotatable bonds is 3. The molecule has 0 fully saturated rings. The van der Waals surface area contributed by atoms with Crippen molar-refractivity contribution in [3.63, 3.8) is 0 Å². The van der Waals surface area contributed by atoms with Crippen LogP contribution < -0.4 is 5.32 Å². The van der Waals surface area contributed by atoms with Gasteiger partial charge in [-0.15, -0.1) is 0 Å². The molecule has 0 bridgehead atoms. The summed E-state index contributed by atoms with van der Waals surface area (Å²) in [6, 6.07) is 4.53. The molecule has 94 valence electrons. The van der Waals surface area contributed by atoms with Crippen LogP contribution >= 0.6 is 0 Å². The third-order valence-corrected chi connectivity index (χ3v) is 1.83. The Labute approximate surface area is 95.8 Å². The van der Waals surface area contributed by atoms with E-state index in [1.807, 2.05) is 0 Å². The van der Waals surface area contributed by atoms with E-state index in [-0.39, 0.29) is 0 Å². The van der Waals surface area contributed by atoms with Gasteiger partial charge in [0.2, 0.25) is 0 Å². The van der Waals surface area contributed by atoms with E-state index in [2.05, 4.69) is 15.0 Å². The Balaban J connectivity index is 2.42. The minimum Gasteiger partial charge on any atom is -0.440 e. The molecule has 1 amide bonds. The van der Waals surface area contributed by atoms with Crippen LogP contribution in [0.2, 0.25) is 0 Å². The van der Waals surface area contributed by atoms with Crippen LogP contribution in [0.3, 0.4) is 0 Å². The summed E-state index contributed by atoms with van der Waals surface area (Å²) < 4.78 is 39.3. The fourth-order valence-corrected chi connectivity index (χ4v) is 1.07. The summed E-state index contributed by atoms with van der Waals surface area (Å²) in [5.41, 5.74) is 0.538. The molecule has 1 atom stereocenters. The van der Waals surface area contributed by atoms with Gasteiger partial charge in [-0.2, -0.15) is 13.2 Å². The number of carbonyl (C=O) groups excluding carboxylic acids is 1. The smallest absolute Gasteiger partial charge is 0.422 e. The van der Waals surface area contributed by atoms with Gasteiger partial charge in [-0.05, 0) is 19.1 Å². The maximum atomic E-state index is 11.8. The van der Waals surface area contributed by atoms with Crippen LogP contribution in [0.1, 0.15) is 18.7 Å². The highest BCUT2D eigenvalue weighted by atomic mass is 19.4. The first-order valence-corrected chi connectivity index (χ1v) is 4.79. The molecule has 1 N–H and O–H groups in total. The van der Waals surface area contributed by atoms with Gasteiger partial charge >= 0.3 is 12.3 Å². The first-order chi connectivity index (χ1) is 7.88. The van der Waals surface area contributed by atoms with Gasteiger partial charge in [0.25, 0.3) is 0 Å². The monoisotopic (exact) mass is 248 g/mol. The number of nitrogens with one attached hydrogen (secondary N) is 1. The second-order valence-corrected chi connectivity index (χ2v) is 3.31. The van der Waals surface area contributed by atoms with E-state index in [1.54, 1.807) is 25.1 Å². The number of ether oxygens (including phenoxy) is 1. The third-order valence-electron chi connectivity index (χ3n) is 1.83. The second kappa shape index (κ2) is 5.51. The maximum absolute atomic E-state index is 11.8. The summed E-state index contributed by atoms with van der Waals surface area (Å²) >= 11 is 0. The number of alkyl carbamates (subject to hydrolysis) is 1. The standard InChI is InChI=1S/C10H11F3N2O2/c1-7(8-4-2-3-5-14-8)15-9(16)17-6-10(11,12)13/h2-5,7H,6H2,1H3,(H,15,16). The van der Waals surface area contributed by atoms with Crippen LogP contribution in [-0.2, 0) is 4.74 Å². The van der Waals surface area contributed by atoms with Crippen LogP contribution in [0.25, 0.3) is 0 Å². The lowest BCUT2D eigenvalue weighted by molar-refractivity contribution is -0.160. The molecule has 0 radical (unpaired) electrons. The number of nitrogens with zero attached hydrogens (tertiary/aromatic N) is 1. The first-order valence-electron chi connectivity index (χ1n) is 4.79. The van der Waals surface area contributed by atoms with Crippen LogP contribution in [0.5, 0.6) is 0 Å². The van der Waals surface area contributed by atoms with Crippen molar-refractivity contribution in [2.75, 3.05) is 6.61 Å². The van der Waals surface area contributed by atoms with Crippen molar-refractivity contribution in [1.82, 2.24) is 10.3 Å². The van der Waals surface area contributed by atoms with Crippen molar-refractivity contribution in [2.45, 2.75) is 19.1 Å². The predicted octanol–water partition coefficient (Wildman–Crippen LogP) is 2.43. The summed E-state index contributed by atoms with van der Waals surface area (Å²) in [4.78, 5) is 15.0. The Morgan fingerprint density at radius 3 is 2.76 bits per heavy atom. The lowest BCUT2D eigenvalue weighted by atomic mass is 10.2. The van der Waals surface area contributed by atoms with Crippen LogP contribution in [0.4, 0.5) is 18.0 Å². The highest BCUT2D eigenvalue weighted by Gasteiger charge is 2.29. The Bertz CT molecular complexity index is 368. The van der Waals surface area contributed by atoms with Crippen molar-refractivity contribution in [2.24, 2.45) is 0 Å². The molecule has 0 spiro atoms. The molecule has 1 aromatic heterocycles. The Morgan fingerprint density at radius 1 is 1.53 bits per heavy atom. The predicted molar refractivity (Wildman–Crippen MR) is 53.2 cm³/mol. The van der Waals surface area contributed by atoms with Gasteiger partial charge in [0.15, 0.2) is 6.61 Å². The summed E-state index contributed by atoms with van der Waals surface area (Å²) in [6.45, 7) is -0.00897. The van der Waals surface area contributed by atoms with E-state index in [0.29, 0.717) is 5.69 Å². The molecule has 4 nitrogen and oxygen atoms in total. The molecule has 0 aliphatic rings. The van der Waals surface area contributed by atoms with Gasteiger partial charge in [-0.3, -0.25) is 4.98 Å². The molecule has 1 heterocycles. The summed E-state index contributed by atoms with van der Waals surface area (Å²) in [7, 11) is 0. The quantitative estimate of drug-likeness (QED) is 0.893. The van der Waals surface area contributed by atoms with Crippen LogP contribution in [0.15, 0.2) is 24.4 Å². The van der Waals surface area contributed by atoms with E-state index in [4.69, 9.17) is 0 Å². The topological polar surface area (TPSA) is 51.2 Å². The number of hydrogen-bond acceptors (Lipinski definition) is 3. The lowest BCUT2D eigenvalue weighted by Crippen LogP contribution is -2.31. The zero-order valence-corrected chi connectivity index (χ0v) is 8.99. The molecule has 0 aliphatic heterocycles. The van der Waals surface area contributed by atoms with Gasteiger partial charge < -0.3 is 10.1 Å². The Kier molecular flexibility index (Phi) is 4.30. The summed E-state index contributed by atoms with van der Waals surface area (Å²) in [5.74, 6) is 0. The molecule has 0 saturated carbocycles. The zero-order valence-electron chi connectivity index (χ0n) is 8.99. The number of pyridine rings is 1. The average molecular weight is 248 g/mol. The molecular formula is C10H11F3N2O2. The van der Waals surface area contributed by atoms with Crippen molar-refractivity contribution in [3.8, 4) is 0 Å². The SMILES string of the molecule is CC(NC(=O)OCC(F)(F)F)c1ccccn1. The van der Waals surface area contributed by atoms with Crippen LogP contribution in [-0.4, -0.2) is 23.9 Å². The van der Waals surface area contributed by atoms with E-state index < -0.39 is 24.9 Å². The minimum atomic E-state index is -4.52. The minimum absolute atomic E-state index is 0.517. The summed E-state index contributed by atoms with van der Waals surface area (Å²) in [6.07, 6.45) is -4.12. The fraction of sp³-hybridized carbons (Fsp3) is 0.400. The molecule has 0 saturated heterocycles. The summed E-state index contributed by atoms with van der Waals surface area (Å²) in [5, 5.41) is 2.25. The normalized spacial score (nSPS) is 12.9. The van der Waals surface area contributed by atoms with E-state index >= 15 is 0 Å². The van der Waals surface area contributed by atoms with Crippen molar-refractivity contribution in [1.29, 1.82) is 0 Å². The number of amides is 1. The van der Waals surface area contributed by atoms with Crippen molar-refractivity contribution in [3.05, 3.63) is 30.1 Å². The lowest BCUT2D eigenvalue weighted by Gasteiger charge is -2.14. The first kappa shape index (κ1) is 13.3. The van der Waals surface area contributed by atoms with E-state index in [9.17, 15) is 18.0 Å². The largest absolute Gasteiger partial charge is 0.440 e. The Hall–Kier alpha value is -1.79. The number of alkyl halides is 3. The molecule has 0 aromatic carbocycles.